The molecule has 1 N–H and O–H groups in total. The van der Waals surface area contributed by atoms with Crippen molar-refractivity contribution in [2.24, 2.45) is 11.8 Å². The molecule has 3 nitrogen and oxygen atoms in total. The van der Waals surface area contributed by atoms with Crippen LogP contribution in [-0.4, -0.2) is 37.1 Å². The molecule has 2 bridgehead atoms. The molecule has 0 spiro atoms. The molecule has 2 saturated heterocycles. The fourth-order valence-electron chi connectivity index (χ4n) is 3.15. The quantitative estimate of drug-likeness (QED) is 0.903. The molecule has 0 saturated carbocycles. The van der Waals surface area contributed by atoms with E-state index in [9.17, 15) is 8.78 Å². The molecule has 0 radical (unpaired) electrons. The van der Waals surface area contributed by atoms with Crippen LogP contribution < -0.4 is 10.2 Å². The van der Waals surface area contributed by atoms with E-state index in [1.165, 1.54) is 0 Å². The molecule has 1 aromatic rings. The summed E-state index contributed by atoms with van der Waals surface area (Å²) in [4.78, 5) is 6.50. The largest absolute Gasteiger partial charge is 0.369 e. The number of hydrogen-bond donors (Lipinski definition) is 1. The average Bonchev–Trinajstić information content (AvgIpc) is 2.37. The first-order valence-electron chi connectivity index (χ1n) is 7.28. The summed E-state index contributed by atoms with van der Waals surface area (Å²) in [5.41, 5.74) is 2.00. The Morgan fingerprint density at radius 2 is 1.90 bits per heavy atom. The number of alkyl halides is 2. The minimum absolute atomic E-state index is 0.387. The minimum atomic E-state index is -2.53. The third-order valence-corrected chi connectivity index (χ3v) is 4.48. The van der Waals surface area contributed by atoms with Crippen molar-refractivity contribution in [2.45, 2.75) is 25.7 Å². The van der Waals surface area contributed by atoms with Crippen molar-refractivity contribution in [3.63, 3.8) is 0 Å². The van der Waals surface area contributed by atoms with Crippen molar-refractivity contribution in [1.29, 1.82) is 0 Å². The molecule has 0 aromatic carbocycles. The average molecular weight is 281 g/mol. The highest BCUT2D eigenvalue weighted by Crippen LogP contribution is 2.41. The molecule has 0 amide bonds. The van der Waals surface area contributed by atoms with Crippen LogP contribution >= 0.6 is 0 Å². The summed E-state index contributed by atoms with van der Waals surface area (Å²) in [6.45, 7) is 5.80. The van der Waals surface area contributed by atoms with Gasteiger partial charge >= 0.3 is 0 Å². The maximum Gasteiger partial charge on any atom is 0.259 e. The van der Waals surface area contributed by atoms with Crippen molar-refractivity contribution in [2.75, 3.05) is 31.1 Å². The van der Waals surface area contributed by atoms with Gasteiger partial charge in [-0.25, -0.2) is 8.78 Å². The summed E-state index contributed by atoms with van der Waals surface area (Å²) in [6.07, 6.45) is 1.82. The van der Waals surface area contributed by atoms with E-state index in [1.54, 1.807) is 0 Å². The van der Waals surface area contributed by atoms with Crippen LogP contribution in [0.15, 0.2) is 18.3 Å². The van der Waals surface area contributed by atoms with Crippen molar-refractivity contribution >= 4 is 5.69 Å². The summed E-state index contributed by atoms with van der Waals surface area (Å²) >= 11 is 0. The number of rotatable bonds is 2. The van der Waals surface area contributed by atoms with Crippen LogP contribution in [0, 0.1) is 11.8 Å². The highest BCUT2D eigenvalue weighted by Gasteiger charge is 2.53. The van der Waals surface area contributed by atoms with Crippen LogP contribution in [0.2, 0.25) is 0 Å². The Balaban J connectivity index is 1.79. The van der Waals surface area contributed by atoms with Crippen LogP contribution in [0.1, 0.15) is 25.5 Å². The molecule has 3 heterocycles. The third-order valence-electron chi connectivity index (χ3n) is 4.48. The van der Waals surface area contributed by atoms with Crippen LogP contribution in [0.25, 0.3) is 0 Å². The lowest BCUT2D eigenvalue weighted by atomic mass is 9.81. The van der Waals surface area contributed by atoms with Gasteiger partial charge in [0.1, 0.15) is 0 Å². The van der Waals surface area contributed by atoms with E-state index in [4.69, 9.17) is 0 Å². The molecule has 1 aromatic heterocycles. The predicted molar refractivity (Wildman–Crippen MR) is 75.3 cm³/mol. The van der Waals surface area contributed by atoms with E-state index in [2.05, 4.69) is 29.0 Å². The molecule has 2 unspecified atom stereocenters. The second-order valence-corrected chi connectivity index (χ2v) is 6.23. The number of piperidine rings is 2. The first-order valence-corrected chi connectivity index (χ1v) is 7.28. The lowest BCUT2D eigenvalue weighted by molar-refractivity contribution is -0.130. The Morgan fingerprint density at radius 1 is 1.25 bits per heavy atom. The molecule has 20 heavy (non-hydrogen) atoms. The zero-order valence-electron chi connectivity index (χ0n) is 11.9. The van der Waals surface area contributed by atoms with Gasteiger partial charge in [0.2, 0.25) is 0 Å². The molecule has 2 aliphatic heterocycles. The third kappa shape index (κ3) is 2.28. The van der Waals surface area contributed by atoms with Crippen LogP contribution in [0.5, 0.6) is 0 Å². The maximum absolute atomic E-state index is 14.1. The van der Waals surface area contributed by atoms with Gasteiger partial charge in [0.25, 0.3) is 5.92 Å². The molecular weight excluding hydrogens is 260 g/mol. The molecule has 2 atom stereocenters. The minimum Gasteiger partial charge on any atom is -0.369 e. The number of pyridine rings is 1. The van der Waals surface area contributed by atoms with Gasteiger partial charge in [0.05, 0.1) is 23.7 Å². The highest BCUT2D eigenvalue weighted by atomic mass is 19.3. The first-order chi connectivity index (χ1) is 9.48. The number of aromatic nitrogens is 1. The summed E-state index contributed by atoms with van der Waals surface area (Å²) in [6, 6.07) is 4.01. The summed E-state index contributed by atoms with van der Waals surface area (Å²) in [7, 11) is 0. The van der Waals surface area contributed by atoms with Gasteiger partial charge in [-0.2, -0.15) is 0 Å². The van der Waals surface area contributed by atoms with Crippen LogP contribution in [0.4, 0.5) is 14.5 Å². The Bertz CT molecular complexity index is 457. The van der Waals surface area contributed by atoms with E-state index in [0.29, 0.717) is 32.1 Å². The Hall–Kier alpha value is -1.23. The molecule has 3 rings (SSSR count). The van der Waals surface area contributed by atoms with Crippen molar-refractivity contribution in [3.05, 3.63) is 24.0 Å². The second kappa shape index (κ2) is 4.95. The number of nitrogens with zero attached hydrogens (tertiary/aromatic N) is 2. The van der Waals surface area contributed by atoms with E-state index < -0.39 is 17.8 Å². The number of halogens is 2. The number of nitrogens with one attached hydrogen (secondary N) is 1. The SMILES string of the molecule is CC(C)c1ccc(N2CC3CNCC(C2)C3(F)F)cn1. The van der Waals surface area contributed by atoms with Crippen LogP contribution in [0.3, 0.4) is 0 Å². The van der Waals surface area contributed by atoms with Crippen molar-refractivity contribution in [1.82, 2.24) is 10.3 Å². The zero-order chi connectivity index (χ0) is 14.3. The lowest BCUT2D eigenvalue weighted by Gasteiger charge is -2.48. The predicted octanol–water partition coefficient (Wildman–Crippen LogP) is 2.50. The van der Waals surface area contributed by atoms with E-state index in [1.807, 2.05) is 18.3 Å². The normalized spacial score (nSPS) is 28.8. The lowest BCUT2D eigenvalue weighted by Crippen LogP contribution is -2.62. The van der Waals surface area contributed by atoms with E-state index >= 15 is 0 Å². The Kier molecular flexibility index (Phi) is 3.40. The van der Waals surface area contributed by atoms with E-state index in [-0.39, 0.29) is 0 Å². The smallest absolute Gasteiger partial charge is 0.259 e. The first kappa shape index (κ1) is 13.7. The summed E-state index contributed by atoms with van der Waals surface area (Å²) < 4.78 is 28.2. The van der Waals surface area contributed by atoms with Crippen LogP contribution in [-0.2, 0) is 0 Å². The Labute approximate surface area is 118 Å². The number of anilines is 1. The summed E-state index contributed by atoms with van der Waals surface area (Å²) in [5, 5.41) is 3.12. The van der Waals surface area contributed by atoms with Gasteiger partial charge in [-0.1, -0.05) is 13.8 Å². The fraction of sp³-hybridized carbons (Fsp3) is 0.667. The van der Waals surface area contributed by atoms with Gasteiger partial charge in [0.15, 0.2) is 0 Å². The molecule has 0 aliphatic carbocycles. The molecule has 2 aliphatic rings. The standard InChI is InChI=1S/C15H21F2N3/c1-10(2)14-4-3-13(7-19-14)20-8-11-5-18-6-12(9-20)15(11,16)17/h3-4,7,10-12,18H,5-6,8-9H2,1-2H3. The molecular formula is C15H21F2N3. The molecule has 110 valence electrons. The van der Waals surface area contributed by atoms with Gasteiger partial charge in [-0.15, -0.1) is 0 Å². The zero-order valence-corrected chi connectivity index (χ0v) is 11.9. The Morgan fingerprint density at radius 3 is 2.40 bits per heavy atom. The van der Waals surface area contributed by atoms with Gasteiger partial charge in [-0.3, -0.25) is 4.98 Å². The monoisotopic (exact) mass is 281 g/mol. The van der Waals surface area contributed by atoms with Gasteiger partial charge in [-0.05, 0) is 18.1 Å². The molecule has 2 fully saturated rings. The van der Waals surface area contributed by atoms with Gasteiger partial charge in [0, 0.05) is 31.9 Å². The van der Waals surface area contributed by atoms with Crippen molar-refractivity contribution in [3.8, 4) is 0 Å². The maximum atomic E-state index is 14.1. The topological polar surface area (TPSA) is 28.2 Å². The highest BCUT2D eigenvalue weighted by molar-refractivity contribution is 5.46. The van der Waals surface area contributed by atoms with Gasteiger partial charge < -0.3 is 10.2 Å². The fourth-order valence-corrected chi connectivity index (χ4v) is 3.15. The number of fused-ring (bicyclic) bond motifs is 2. The molecule has 5 heteroatoms. The van der Waals surface area contributed by atoms with Crippen molar-refractivity contribution < 1.29 is 8.78 Å². The summed E-state index contributed by atoms with van der Waals surface area (Å²) in [5.74, 6) is -3.34. The second-order valence-electron chi connectivity index (χ2n) is 6.23. The number of hydrogen-bond acceptors (Lipinski definition) is 3. The van der Waals surface area contributed by atoms with E-state index in [0.717, 1.165) is 11.4 Å².